The molecule has 2 aliphatic heterocycles. The van der Waals surface area contributed by atoms with Crippen LogP contribution in [0, 0.1) is 0 Å². The van der Waals surface area contributed by atoms with E-state index >= 15 is 0 Å². The molecule has 0 bridgehead atoms. The maximum atomic E-state index is 12.8. The van der Waals surface area contributed by atoms with Crippen LogP contribution < -0.4 is 9.64 Å². The van der Waals surface area contributed by atoms with Crippen LogP contribution in [-0.4, -0.2) is 50.4 Å². The van der Waals surface area contributed by atoms with Crippen molar-refractivity contribution in [3.8, 4) is 5.75 Å². The molecule has 0 aliphatic carbocycles. The van der Waals surface area contributed by atoms with E-state index in [1.165, 1.54) is 11.1 Å². The smallest absolute Gasteiger partial charge is 0.231 e. The van der Waals surface area contributed by atoms with E-state index in [2.05, 4.69) is 24.1 Å². The van der Waals surface area contributed by atoms with Crippen molar-refractivity contribution in [1.82, 2.24) is 4.90 Å². The Morgan fingerprint density at radius 1 is 1.09 bits per heavy atom. The molecule has 0 atom stereocenters. The van der Waals surface area contributed by atoms with Gasteiger partial charge in [0.1, 0.15) is 5.75 Å². The Morgan fingerprint density at radius 2 is 1.88 bits per heavy atom. The van der Waals surface area contributed by atoms with Crippen LogP contribution in [0.3, 0.4) is 0 Å². The second kappa shape index (κ2) is 11.7. The molecule has 2 aliphatic rings. The van der Waals surface area contributed by atoms with E-state index in [0.717, 1.165) is 80.7 Å². The molecule has 33 heavy (non-hydrogen) atoms. The van der Waals surface area contributed by atoms with Crippen LogP contribution >= 0.6 is 12.4 Å². The lowest BCUT2D eigenvalue weighted by atomic mass is 9.94. The van der Waals surface area contributed by atoms with Gasteiger partial charge >= 0.3 is 0 Å². The lowest BCUT2D eigenvalue weighted by Gasteiger charge is -2.25. The molecule has 1 amide bonds. The minimum Gasteiger partial charge on any atom is -0.496 e. The molecule has 2 aromatic carbocycles. The van der Waals surface area contributed by atoms with Crippen molar-refractivity contribution in [2.75, 3.05) is 38.7 Å². The highest BCUT2D eigenvalue weighted by molar-refractivity contribution is 6.05. The van der Waals surface area contributed by atoms with E-state index in [-0.39, 0.29) is 24.1 Å². The Bertz CT molecular complexity index is 991. The van der Waals surface area contributed by atoms with E-state index in [9.17, 15) is 9.59 Å². The van der Waals surface area contributed by atoms with Crippen molar-refractivity contribution in [3.63, 3.8) is 0 Å². The Balaban J connectivity index is 0.00000306. The summed E-state index contributed by atoms with van der Waals surface area (Å²) in [6, 6.07) is 12.2. The number of carbonyl (C=O) groups is 2. The molecule has 0 N–H and O–H groups in total. The van der Waals surface area contributed by atoms with Gasteiger partial charge in [0.2, 0.25) is 5.91 Å². The van der Waals surface area contributed by atoms with Crippen LogP contribution in [0.2, 0.25) is 0 Å². The number of unbranched alkanes of at least 4 members (excludes halogenated alkanes) is 2. The van der Waals surface area contributed by atoms with Gasteiger partial charge in [0, 0.05) is 25.1 Å². The summed E-state index contributed by atoms with van der Waals surface area (Å²) in [4.78, 5) is 29.3. The monoisotopic (exact) mass is 470 g/mol. The molecule has 0 radical (unpaired) electrons. The average Bonchev–Trinajstić information content (AvgIpc) is 3.14. The summed E-state index contributed by atoms with van der Waals surface area (Å²) in [5.41, 5.74) is 5.36. The third kappa shape index (κ3) is 5.96. The number of ketones is 1. The molecule has 0 saturated carbocycles. The fourth-order valence-corrected chi connectivity index (χ4v) is 4.96. The van der Waals surface area contributed by atoms with Crippen LogP contribution in [0.1, 0.15) is 59.2 Å². The first kappa shape index (κ1) is 25.3. The quantitative estimate of drug-likeness (QED) is 0.347. The Hall–Kier alpha value is -2.37. The molecule has 2 aromatic rings. The Morgan fingerprint density at radius 3 is 2.70 bits per heavy atom. The molecule has 0 aromatic heterocycles. The van der Waals surface area contributed by atoms with Crippen molar-refractivity contribution < 1.29 is 14.3 Å². The summed E-state index contributed by atoms with van der Waals surface area (Å²) in [7, 11) is 3.87. The summed E-state index contributed by atoms with van der Waals surface area (Å²) >= 11 is 0. The maximum absolute atomic E-state index is 12.8. The van der Waals surface area contributed by atoms with Crippen molar-refractivity contribution >= 4 is 29.8 Å². The predicted octanol–water partition coefficient (Wildman–Crippen LogP) is 4.87. The summed E-state index contributed by atoms with van der Waals surface area (Å²) < 4.78 is 5.43. The number of ether oxygens (including phenoxy) is 1. The number of amides is 1. The number of methoxy groups -OCH3 is 1. The first-order valence-electron chi connectivity index (χ1n) is 11.9. The fourth-order valence-electron chi connectivity index (χ4n) is 4.96. The lowest BCUT2D eigenvalue weighted by molar-refractivity contribution is -0.117. The van der Waals surface area contributed by atoms with E-state index in [1.807, 2.05) is 29.2 Å². The normalized spacial score (nSPS) is 14.3. The van der Waals surface area contributed by atoms with Gasteiger partial charge in [0.15, 0.2) is 5.78 Å². The molecular weight excluding hydrogens is 436 g/mol. The van der Waals surface area contributed by atoms with Crippen LogP contribution in [0.4, 0.5) is 5.69 Å². The zero-order valence-electron chi connectivity index (χ0n) is 19.8. The summed E-state index contributed by atoms with van der Waals surface area (Å²) in [6.07, 6.45) is 7.01. The number of nitrogens with zero attached hydrogens (tertiary/aromatic N) is 2. The molecule has 0 unspecified atom stereocenters. The number of para-hydroxylation sites is 1. The van der Waals surface area contributed by atoms with Gasteiger partial charge in [-0.15, -0.1) is 12.4 Å². The minimum absolute atomic E-state index is 0. The topological polar surface area (TPSA) is 49.9 Å². The van der Waals surface area contributed by atoms with Crippen molar-refractivity contribution in [1.29, 1.82) is 0 Å². The molecular formula is C27H35ClN2O3. The third-order valence-electron chi connectivity index (χ3n) is 6.73. The Labute approximate surface area is 203 Å². The van der Waals surface area contributed by atoms with E-state index in [4.69, 9.17) is 4.74 Å². The number of hydrogen-bond acceptors (Lipinski definition) is 4. The second-order valence-electron chi connectivity index (χ2n) is 9.07. The van der Waals surface area contributed by atoms with Gasteiger partial charge in [-0.2, -0.15) is 0 Å². The van der Waals surface area contributed by atoms with Gasteiger partial charge in [-0.1, -0.05) is 24.6 Å². The largest absolute Gasteiger partial charge is 0.496 e. The van der Waals surface area contributed by atoms with E-state index in [1.54, 1.807) is 7.11 Å². The number of halogens is 1. The van der Waals surface area contributed by atoms with E-state index < -0.39 is 0 Å². The SMILES string of the molecule is COc1ccccc1CCN(C)CCCCCC(=O)c1cc2c3c(c1)CC(=O)N3CCC2.Cl. The Kier molecular flexibility index (Phi) is 8.93. The zero-order chi connectivity index (χ0) is 22.5. The molecule has 0 fully saturated rings. The number of hydrogen-bond donors (Lipinski definition) is 0. The van der Waals surface area contributed by atoms with Gasteiger partial charge in [0.25, 0.3) is 0 Å². The van der Waals surface area contributed by atoms with Gasteiger partial charge in [-0.05, 0) is 80.6 Å². The maximum Gasteiger partial charge on any atom is 0.231 e. The first-order chi connectivity index (χ1) is 15.6. The molecule has 4 rings (SSSR count). The molecule has 0 saturated heterocycles. The number of anilines is 1. The number of benzene rings is 2. The van der Waals surface area contributed by atoms with Crippen molar-refractivity contribution in [2.45, 2.75) is 51.4 Å². The van der Waals surface area contributed by atoms with Gasteiger partial charge in [-0.25, -0.2) is 0 Å². The number of Topliss-reactive ketones (excluding diaryl/α,β-unsaturated/α-hetero) is 1. The van der Waals surface area contributed by atoms with Crippen molar-refractivity contribution in [3.05, 3.63) is 58.7 Å². The van der Waals surface area contributed by atoms with Gasteiger partial charge < -0.3 is 14.5 Å². The van der Waals surface area contributed by atoms with Crippen LogP contribution in [0.15, 0.2) is 36.4 Å². The van der Waals surface area contributed by atoms with Crippen LogP contribution in [-0.2, 0) is 24.1 Å². The molecule has 6 heteroatoms. The summed E-state index contributed by atoms with van der Waals surface area (Å²) in [6.45, 7) is 2.84. The number of likely N-dealkylation sites (N-methyl/N-ethyl adjacent to an activating group) is 1. The highest BCUT2D eigenvalue weighted by Gasteiger charge is 2.32. The minimum atomic E-state index is 0. The van der Waals surface area contributed by atoms with Gasteiger partial charge in [-0.3, -0.25) is 9.59 Å². The second-order valence-corrected chi connectivity index (χ2v) is 9.07. The fraction of sp³-hybridized carbons (Fsp3) is 0.481. The van der Waals surface area contributed by atoms with Crippen LogP contribution in [0.5, 0.6) is 5.75 Å². The number of rotatable bonds is 11. The van der Waals surface area contributed by atoms with Crippen molar-refractivity contribution in [2.24, 2.45) is 0 Å². The number of aryl methyl sites for hydroxylation is 1. The first-order valence-corrected chi connectivity index (χ1v) is 11.9. The summed E-state index contributed by atoms with van der Waals surface area (Å²) in [5, 5.41) is 0. The molecule has 2 heterocycles. The zero-order valence-corrected chi connectivity index (χ0v) is 20.6. The predicted molar refractivity (Wildman–Crippen MR) is 135 cm³/mol. The van der Waals surface area contributed by atoms with Gasteiger partial charge in [0.05, 0.1) is 19.2 Å². The standard InChI is InChI=1S/C27H34N2O3.ClH/c1-28(16-13-20-9-5-6-12-25(20)32-2)14-7-3-4-11-24(30)22-17-21-10-8-15-29-26(31)19-23(18-22)27(21)29;/h5-6,9,12,17-18H,3-4,7-8,10-11,13-16,19H2,1-2H3;1H. The molecule has 0 spiro atoms. The third-order valence-corrected chi connectivity index (χ3v) is 6.73. The summed E-state index contributed by atoms with van der Waals surface area (Å²) in [5.74, 6) is 1.35. The lowest BCUT2D eigenvalue weighted by Crippen LogP contribution is -2.31. The molecule has 178 valence electrons. The van der Waals surface area contributed by atoms with Crippen LogP contribution in [0.25, 0.3) is 0 Å². The number of carbonyl (C=O) groups excluding carboxylic acids is 2. The highest BCUT2D eigenvalue weighted by Crippen LogP contribution is 2.37. The van der Waals surface area contributed by atoms with E-state index in [0.29, 0.717) is 12.8 Å². The highest BCUT2D eigenvalue weighted by atomic mass is 35.5. The molecule has 5 nitrogen and oxygen atoms in total. The average molecular weight is 471 g/mol.